The van der Waals surface area contributed by atoms with Gasteiger partial charge < -0.3 is 25.9 Å². The van der Waals surface area contributed by atoms with Crippen LogP contribution in [0, 0.1) is 29.1 Å². The third-order valence-electron chi connectivity index (χ3n) is 8.43. The van der Waals surface area contributed by atoms with Crippen LogP contribution in [0.3, 0.4) is 0 Å². The van der Waals surface area contributed by atoms with Crippen LogP contribution in [0.5, 0.6) is 0 Å². The topological polar surface area (TPSA) is 142 Å². The van der Waals surface area contributed by atoms with Gasteiger partial charge in [-0.3, -0.25) is 9.59 Å². The Bertz CT molecular complexity index is 794. The zero-order chi connectivity index (χ0) is 21.7. The van der Waals surface area contributed by atoms with Crippen LogP contribution in [0.25, 0.3) is 0 Å². The fourth-order valence-electron chi connectivity index (χ4n) is 7.12. The molecule has 4 aliphatic rings. The zero-order valence-electron chi connectivity index (χ0n) is 17.4. The van der Waals surface area contributed by atoms with Crippen LogP contribution >= 0.6 is 0 Å². The van der Waals surface area contributed by atoms with Gasteiger partial charge in [0.25, 0.3) is 5.91 Å². The summed E-state index contributed by atoms with van der Waals surface area (Å²) in [5.74, 6) is -0.342. The van der Waals surface area contributed by atoms with Gasteiger partial charge in [0.15, 0.2) is 12.4 Å². The lowest BCUT2D eigenvalue weighted by Crippen LogP contribution is -2.60. The minimum Gasteiger partial charge on any atom is -0.393 e. The molecule has 7 atom stereocenters. The van der Waals surface area contributed by atoms with Crippen molar-refractivity contribution in [1.82, 2.24) is 0 Å². The maximum atomic E-state index is 12.4. The molecule has 3 fully saturated rings. The largest absolute Gasteiger partial charge is 0.393 e. The minimum absolute atomic E-state index is 0.0998. The lowest BCUT2D eigenvalue weighted by atomic mass is 9.49. The van der Waals surface area contributed by atoms with Gasteiger partial charge in [-0.15, -0.1) is 0 Å². The quantitative estimate of drug-likeness (QED) is 0.482. The van der Waals surface area contributed by atoms with Crippen LogP contribution in [0.2, 0.25) is 0 Å². The monoisotopic (exact) mass is 420 g/mol. The first-order valence-corrected chi connectivity index (χ1v) is 10.9. The van der Waals surface area contributed by atoms with Crippen LogP contribution < -0.4 is 5.73 Å². The lowest BCUT2D eigenvalue weighted by Gasteiger charge is -2.57. The molecule has 0 aliphatic heterocycles. The molecule has 0 bridgehead atoms. The highest BCUT2D eigenvalue weighted by molar-refractivity contribution is 5.96. The number of nitrogens with two attached hydrogens (primary N) is 1. The average molecular weight is 421 g/mol. The first-order chi connectivity index (χ1) is 14.2. The summed E-state index contributed by atoms with van der Waals surface area (Å²) in [6, 6.07) is 0. The molecule has 4 rings (SSSR count). The molecule has 0 saturated heterocycles. The van der Waals surface area contributed by atoms with Crippen molar-refractivity contribution in [1.29, 1.82) is 0 Å². The summed E-state index contributed by atoms with van der Waals surface area (Å²) in [7, 11) is 0. The number of amides is 1. The van der Waals surface area contributed by atoms with E-state index in [0.29, 0.717) is 19.3 Å². The van der Waals surface area contributed by atoms with Crippen molar-refractivity contribution >= 4 is 17.4 Å². The first kappa shape index (κ1) is 21.5. The van der Waals surface area contributed by atoms with E-state index in [1.54, 1.807) is 0 Å². The molecule has 1 amide bonds. The smallest absolute Gasteiger partial charge is 0.258 e. The van der Waals surface area contributed by atoms with Gasteiger partial charge in [-0.25, -0.2) is 0 Å². The summed E-state index contributed by atoms with van der Waals surface area (Å²) in [6.07, 6.45) is 6.22. The number of Topliss-reactive ketones (excluding diaryl/α,β-unsaturated/α-hetero) is 1. The predicted octanol–water partition coefficient (Wildman–Crippen LogP) is 0.680. The molecule has 0 aromatic heterocycles. The molecule has 0 aromatic rings. The number of allylic oxidation sites excluding steroid dienone is 2. The van der Waals surface area contributed by atoms with E-state index < -0.39 is 35.4 Å². The summed E-state index contributed by atoms with van der Waals surface area (Å²) in [6.45, 7) is 1.01. The number of nitrogens with zero attached hydrogens (tertiary/aromatic N) is 1. The highest BCUT2D eigenvalue weighted by Gasteiger charge is 2.66. The standard InChI is InChI=1S/C22H32N2O6/c1-21-9-17(26)20-14-5-3-13(24-30-11-19(23)28)8-12(14)2-4-15(20)16(21)6-7-22(21,29)18(27)10-25/h8,14-17,20,25-26,29H,2-7,9-11H2,1H3,(H2,23,28)/b24-13-/t14-,15-,16-,17+,20+,21-,22-/m0/s1. The van der Waals surface area contributed by atoms with Crippen LogP contribution in [0.1, 0.15) is 51.9 Å². The van der Waals surface area contributed by atoms with Gasteiger partial charge in [0.1, 0.15) is 12.2 Å². The summed E-state index contributed by atoms with van der Waals surface area (Å²) < 4.78 is 0. The van der Waals surface area contributed by atoms with E-state index in [9.17, 15) is 24.9 Å². The molecule has 5 N–H and O–H groups in total. The van der Waals surface area contributed by atoms with Crippen molar-refractivity contribution in [3.8, 4) is 0 Å². The molecule has 0 radical (unpaired) electrons. The Morgan fingerprint density at radius 2 is 2.07 bits per heavy atom. The van der Waals surface area contributed by atoms with Crippen molar-refractivity contribution in [3.63, 3.8) is 0 Å². The third-order valence-corrected chi connectivity index (χ3v) is 8.43. The van der Waals surface area contributed by atoms with Gasteiger partial charge in [-0.05, 0) is 74.7 Å². The number of ketones is 1. The number of fused-ring (bicyclic) bond motifs is 5. The average Bonchev–Trinajstić information content (AvgIpc) is 2.98. The number of hydrogen-bond donors (Lipinski definition) is 4. The van der Waals surface area contributed by atoms with Crippen LogP contribution in [0.4, 0.5) is 0 Å². The maximum absolute atomic E-state index is 12.4. The van der Waals surface area contributed by atoms with Gasteiger partial charge in [0.2, 0.25) is 0 Å². The molecular formula is C22H32N2O6. The Morgan fingerprint density at radius 1 is 1.30 bits per heavy atom. The number of carbonyl (C=O) groups excluding carboxylic acids is 2. The predicted molar refractivity (Wildman–Crippen MR) is 108 cm³/mol. The number of aliphatic hydroxyl groups excluding tert-OH is 2. The van der Waals surface area contributed by atoms with Gasteiger partial charge in [-0.2, -0.15) is 0 Å². The van der Waals surface area contributed by atoms with Crippen LogP contribution in [-0.2, 0) is 14.4 Å². The van der Waals surface area contributed by atoms with Crippen LogP contribution in [-0.4, -0.2) is 57.6 Å². The molecule has 166 valence electrons. The molecule has 0 aromatic carbocycles. The molecule has 8 heteroatoms. The minimum atomic E-state index is -1.56. The number of hydrogen-bond acceptors (Lipinski definition) is 7. The Morgan fingerprint density at radius 3 is 2.77 bits per heavy atom. The van der Waals surface area contributed by atoms with E-state index in [1.165, 1.54) is 5.57 Å². The van der Waals surface area contributed by atoms with E-state index in [1.807, 2.05) is 13.0 Å². The van der Waals surface area contributed by atoms with Gasteiger partial charge in [-0.1, -0.05) is 17.7 Å². The van der Waals surface area contributed by atoms with Crippen molar-refractivity contribution in [2.45, 2.75) is 63.6 Å². The highest BCUT2D eigenvalue weighted by Crippen LogP contribution is 2.65. The Kier molecular flexibility index (Phi) is 5.53. The number of oxime groups is 1. The van der Waals surface area contributed by atoms with Crippen molar-refractivity contribution in [3.05, 3.63) is 11.6 Å². The molecule has 0 unspecified atom stereocenters. The van der Waals surface area contributed by atoms with Crippen molar-refractivity contribution in [2.24, 2.45) is 40.0 Å². The molecular weight excluding hydrogens is 388 g/mol. The molecule has 0 spiro atoms. The van der Waals surface area contributed by atoms with E-state index in [4.69, 9.17) is 10.6 Å². The number of primary amides is 1. The second-order valence-electron chi connectivity index (χ2n) is 9.74. The van der Waals surface area contributed by atoms with E-state index in [2.05, 4.69) is 5.16 Å². The fraction of sp³-hybridized carbons (Fsp3) is 0.773. The Balaban J connectivity index is 1.56. The van der Waals surface area contributed by atoms with Gasteiger partial charge in [0.05, 0.1) is 11.8 Å². The normalized spacial score (nSPS) is 43.9. The number of rotatable bonds is 5. The molecule has 8 nitrogen and oxygen atoms in total. The second-order valence-corrected chi connectivity index (χ2v) is 9.74. The Labute approximate surface area is 176 Å². The van der Waals surface area contributed by atoms with Gasteiger partial charge in [0, 0.05) is 5.41 Å². The van der Waals surface area contributed by atoms with Gasteiger partial charge >= 0.3 is 0 Å². The van der Waals surface area contributed by atoms with E-state index >= 15 is 0 Å². The summed E-state index contributed by atoms with van der Waals surface area (Å²) in [5, 5.41) is 35.8. The Hall–Kier alpha value is -1.77. The molecule has 4 aliphatic carbocycles. The first-order valence-electron chi connectivity index (χ1n) is 10.9. The molecule has 3 saturated carbocycles. The fourth-order valence-corrected chi connectivity index (χ4v) is 7.12. The molecule has 30 heavy (non-hydrogen) atoms. The summed E-state index contributed by atoms with van der Waals surface area (Å²) >= 11 is 0. The third kappa shape index (κ3) is 3.20. The van der Waals surface area contributed by atoms with E-state index in [-0.39, 0.29) is 30.3 Å². The summed E-state index contributed by atoms with van der Waals surface area (Å²) in [5.41, 5.74) is 4.85. The SMILES string of the molecule is C[C@]12C[C@@H](O)[C@H]3[C@@H](CCC4=C/C(=N\OCC(N)=O)CC[C@@H]43)[C@@H]1CC[C@]2(O)C(=O)CO. The zero-order valence-corrected chi connectivity index (χ0v) is 17.4. The molecule has 0 heterocycles. The maximum Gasteiger partial charge on any atom is 0.258 e. The highest BCUT2D eigenvalue weighted by atomic mass is 16.6. The van der Waals surface area contributed by atoms with Crippen molar-refractivity contribution < 1.29 is 29.7 Å². The van der Waals surface area contributed by atoms with E-state index in [0.717, 1.165) is 31.4 Å². The lowest BCUT2D eigenvalue weighted by molar-refractivity contribution is -0.175. The van der Waals surface area contributed by atoms with Crippen LogP contribution in [0.15, 0.2) is 16.8 Å². The second kappa shape index (κ2) is 7.73. The summed E-state index contributed by atoms with van der Waals surface area (Å²) in [4.78, 5) is 28.2. The number of aliphatic hydroxyl groups is 3. The van der Waals surface area contributed by atoms with Crippen molar-refractivity contribution in [2.75, 3.05) is 13.2 Å². The number of carbonyl (C=O) groups is 2.